The third kappa shape index (κ3) is 3.46. The van der Waals surface area contributed by atoms with Gasteiger partial charge in [0, 0.05) is 30.9 Å². The van der Waals surface area contributed by atoms with Crippen molar-refractivity contribution >= 4 is 11.8 Å². The van der Waals surface area contributed by atoms with Crippen LogP contribution in [0.25, 0.3) is 0 Å². The third-order valence-corrected chi connectivity index (χ3v) is 4.19. The number of likely N-dealkylation sites (tertiary alicyclic amines) is 1. The zero-order chi connectivity index (χ0) is 16.9. The highest BCUT2D eigenvalue weighted by molar-refractivity contribution is 5.94. The summed E-state index contributed by atoms with van der Waals surface area (Å²) >= 11 is 0. The van der Waals surface area contributed by atoms with E-state index in [1.54, 1.807) is 0 Å². The van der Waals surface area contributed by atoms with Crippen molar-refractivity contribution in [2.75, 3.05) is 13.1 Å². The molecule has 1 aliphatic rings. The Bertz CT molecular complexity index is 768. The van der Waals surface area contributed by atoms with Gasteiger partial charge in [0.25, 0.3) is 11.8 Å². The normalized spacial score (nSPS) is 14.9. The molecule has 0 radical (unpaired) electrons. The van der Waals surface area contributed by atoms with Gasteiger partial charge in [0.1, 0.15) is 11.8 Å². The lowest BCUT2D eigenvalue weighted by atomic mass is 10.0. The lowest BCUT2D eigenvalue weighted by Crippen LogP contribution is -2.46. The van der Waals surface area contributed by atoms with Crippen LogP contribution < -0.4 is 5.32 Å². The van der Waals surface area contributed by atoms with Crippen LogP contribution in [0.1, 0.15) is 39.3 Å². The molecular weight excluding hydrogens is 304 g/mol. The van der Waals surface area contributed by atoms with Gasteiger partial charge in [-0.15, -0.1) is 0 Å². The summed E-state index contributed by atoms with van der Waals surface area (Å²) in [5, 5.41) is 11.7. The molecule has 3 rings (SSSR count). The molecule has 0 atom stereocenters. The van der Waals surface area contributed by atoms with Crippen molar-refractivity contribution in [3.8, 4) is 6.07 Å². The van der Waals surface area contributed by atoms with Gasteiger partial charge >= 0.3 is 0 Å². The summed E-state index contributed by atoms with van der Waals surface area (Å²) < 4.78 is 0. The SMILES string of the molecule is N#Cc1c[nH]c(C(=O)NC2CCN(C(=O)c3ccccc3)CC2)c1. The molecule has 0 spiro atoms. The highest BCUT2D eigenvalue weighted by Gasteiger charge is 2.25. The molecule has 0 saturated carbocycles. The summed E-state index contributed by atoms with van der Waals surface area (Å²) in [5.74, 6) is -0.187. The molecular formula is C18H18N4O2. The van der Waals surface area contributed by atoms with E-state index in [0.717, 1.165) is 12.8 Å². The van der Waals surface area contributed by atoms with E-state index in [9.17, 15) is 9.59 Å². The summed E-state index contributed by atoms with van der Waals surface area (Å²) in [5.41, 5.74) is 1.51. The van der Waals surface area contributed by atoms with Crippen LogP contribution in [-0.4, -0.2) is 40.8 Å². The first-order chi connectivity index (χ1) is 11.7. The Labute approximate surface area is 140 Å². The molecule has 0 unspecified atom stereocenters. The van der Waals surface area contributed by atoms with E-state index in [1.807, 2.05) is 41.3 Å². The van der Waals surface area contributed by atoms with Crippen LogP contribution >= 0.6 is 0 Å². The van der Waals surface area contributed by atoms with Gasteiger partial charge in [-0.2, -0.15) is 5.26 Å². The average Bonchev–Trinajstić information content (AvgIpc) is 3.12. The van der Waals surface area contributed by atoms with Crippen molar-refractivity contribution in [2.45, 2.75) is 18.9 Å². The molecule has 1 aromatic carbocycles. The maximum atomic E-state index is 12.4. The second-order valence-electron chi connectivity index (χ2n) is 5.82. The Morgan fingerprint density at radius 3 is 2.54 bits per heavy atom. The fraction of sp³-hybridized carbons (Fsp3) is 0.278. The molecule has 0 aliphatic carbocycles. The fourth-order valence-corrected chi connectivity index (χ4v) is 2.84. The van der Waals surface area contributed by atoms with Crippen molar-refractivity contribution in [2.24, 2.45) is 0 Å². The molecule has 2 aromatic rings. The summed E-state index contributed by atoms with van der Waals surface area (Å²) in [4.78, 5) is 29.2. The molecule has 1 aromatic heterocycles. The maximum absolute atomic E-state index is 12.4. The number of aromatic nitrogens is 1. The summed E-state index contributed by atoms with van der Waals surface area (Å²) in [7, 11) is 0. The van der Waals surface area contributed by atoms with Gasteiger partial charge in [-0.25, -0.2) is 0 Å². The molecule has 2 heterocycles. The highest BCUT2D eigenvalue weighted by atomic mass is 16.2. The van der Waals surface area contributed by atoms with E-state index in [2.05, 4.69) is 10.3 Å². The smallest absolute Gasteiger partial charge is 0.267 e. The van der Waals surface area contributed by atoms with E-state index in [4.69, 9.17) is 5.26 Å². The zero-order valence-electron chi connectivity index (χ0n) is 13.2. The Morgan fingerprint density at radius 1 is 1.21 bits per heavy atom. The van der Waals surface area contributed by atoms with Crippen molar-refractivity contribution in [3.63, 3.8) is 0 Å². The number of H-pyrrole nitrogens is 1. The quantitative estimate of drug-likeness (QED) is 0.905. The van der Waals surface area contributed by atoms with E-state index < -0.39 is 0 Å². The number of hydrogen-bond donors (Lipinski definition) is 2. The van der Waals surface area contributed by atoms with Crippen LogP contribution in [0, 0.1) is 11.3 Å². The third-order valence-electron chi connectivity index (χ3n) is 4.19. The van der Waals surface area contributed by atoms with Gasteiger partial charge in [0.2, 0.25) is 0 Å². The Balaban J connectivity index is 1.53. The molecule has 1 aliphatic heterocycles. The largest absolute Gasteiger partial charge is 0.356 e. The monoisotopic (exact) mass is 322 g/mol. The van der Waals surface area contributed by atoms with Gasteiger partial charge < -0.3 is 15.2 Å². The van der Waals surface area contributed by atoms with E-state index in [-0.39, 0.29) is 17.9 Å². The number of hydrogen-bond acceptors (Lipinski definition) is 3. The van der Waals surface area contributed by atoms with Crippen molar-refractivity contribution in [1.82, 2.24) is 15.2 Å². The molecule has 2 amide bonds. The number of rotatable bonds is 3. The van der Waals surface area contributed by atoms with E-state index in [0.29, 0.717) is 29.9 Å². The summed E-state index contributed by atoms with van der Waals surface area (Å²) in [6.45, 7) is 1.24. The topological polar surface area (TPSA) is 89.0 Å². The summed E-state index contributed by atoms with van der Waals surface area (Å²) in [6, 6.07) is 12.8. The van der Waals surface area contributed by atoms with Crippen molar-refractivity contribution in [1.29, 1.82) is 5.26 Å². The number of carbonyl (C=O) groups is 2. The molecule has 1 saturated heterocycles. The first kappa shape index (κ1) is 15.8. The Morgan fingerprint density at radius 2 is 1.92 bits per heavy atom. The van der Waals surface area contributed by atoms with E-state index in [1.165, 1.54) is 12.3 Å². The van der Waals surface area contributed by atoms with Gasteiger partial charge in [-0.05, 0) is 31.0 Å². The minimum atomic E-state index is -0.218. The number of nitrogens with zero attached hydrogens (tertiary/aromatic N) is 2. The fourth-order valence-electron chi connectivity index (χ4n) is 2.84. The Hall–Kier alpha value is -3.07. The second-order valence-corrected chi connectivity index (χ2v) is 5.82. The van der Waals surface area contributed by atoms with Gasteiger partial charge in [-0.1, -0.05) is 18.2 Å². The molecule has 1 fully saturated rings. The number of nitriles is 1. The summed E-state index contributed by atoms with van der Waals surface area (Å²) in [6.07, 6.45) is 2.95. The van der Waals surface area contributed by atoms with Crippen LogP contribution in [0.2, 0.25) is 0 Å². The lowest BCUT2D eigenvalue weighted by molar-refractivity contribution is 0.0697. The predicted octanol–water partition coefficient (Wildman–Crippen LogP) is 1.92. The highest BCUT2D eigenvalue weighted by Crippen LogP contribution is 2.14. The lowest BCUT2D eigenvalue weighted by Gasteiger charge is -2.32. The predicted molar refractivity (Wildman–Crippen MR) is 88.3 cm³/mol. The van der Waals surface area contributed by atoms with Crippen LogP contribution in [0.15, 0.2) is 42.6 Å². The van der Waals surface area contributed by atoms with Crippen LogP contribution in [0.5, 0.6) is 0 Å². The number of aromatic amines is 1. The minimum absolute atomic E-state index is 0.0309. The number of carbonyl (C=O) groups excluding carboxylic acids is 2. The van der Waals surface area contributed by atoms with Crippen LogP contribution in [0.3, 0.4) is 0 Å². The molecule has 122 valence electrons. The maximum Gasteiger partial charge on any atom is 0.267 e. The van der Waals surface area contributed by atoms with Crippen molar-refractivity contribution in [3.05, 3.63) is 59.4 Å². The van der Waals surface area contributed by atoms with Gasteiger partial charge in [-0.3, -0.25) is 9.59 Å². The standard InChI is InChI=1S/C18H18N4O2/c19-11-13-10-16(20-12-13)17(23)21-15-6-8-22(9-7-15)18(24)14-4-2-1-3-5-14/h1-5,10,12,15,20H,6-9H2,(H,21,23). The molecule has 6 heteroatoms. The van der Waals surface area contributed by atoms with E-state index >= 15 is 0 Å². The molecule has 24 heavy (non-hydrogen) atoms. The van der Waals surface area contributed by atoms with Crippen LogP contribution in [-0.2, 0) is 0 Å². The minimum Gasteiger partial charge on any atom is -0.356 e. The molecule has 2 N–H and O–H groups in total. The number of nitrogens with one attached hydrogen (secondary N) is 2. The number of amides is 2. The average molecular weight is 322 g/mol. The zero-order valence-corrected chi connectivity index (χ0v) is 13.2. The Kier molecular flexibility index (Phi) is 4.62. The van der Waals surface area contributed by atoms with Crippen LogP contribution in [0.4, 0.5) is 0 Å². The first-order valence-corrected chi connectivity index (χ1v) is 7.91. The molecule has 0 bridgehead atoms. The van der Waals surface area contributed by atoms with Gasteiger partial charge in [0.05, 0.1) is 5.56 Å². The van der Waals surface area contributed by atoms with Crippen molar-refractivity contribution < 1.29 is 9.59 Å². The first-order valence-electron chi connectivity index (χ1n) is 7.91. The molecule has 6 nitrogen and oxygen atoms in total. The van der Waals surface area contributed by atoms with Gasteiger partial charge in [0.15, 0.2) is 0 Å². The second kappa shape index (κ2) is 7.01. The number of piperidine rings is 1. The number of benzene rings is 1.